The van der Waals surface area contributed by atoms with E-state index in [0.717, 1.165) is 24.0 Å². The second-order valence-electron chi connectivity index (χ2n) is 12.5. The molecule has 0 aliphatic heterocycles. The summed E-state index contributed by atoms with van der Waals surface area (Å²) in [5.41, 5.74) is 7.50. The summed E-state index contributed by atoms with van der Waals surface area (Å²) in [7, 11) is 4.88. The summed E-state index contributed by atoms with van der Waals surface area (Å²) in [4.78, 5) is 28.0. The zero-order valence-corrected chi connectivity index (χ0v) is 27.6. The molecule has 46 heavy (non-hydrogen) atoms. The van der Waals surface area contributed by atoms with Gasteiger partial charge in [0, 0.05) is 26.4 Å². The number of guanidine groups is 1. The Morgan fingerprint density at radius 3 is 2.54 bits per heavy atom. The average Bonchev–Trinajstić information content (AvgIpc) is 3.42. The van der Waals surface area contributed by atoms with E-state index in [9.17, 15) is 24.9 Å². The number of aryl methyl sites for hydroxylation is 1. The number of carbonyl (C=O) groups is 2. The van der Waals surface area contributed by atoms with E-state index in [1.807, 2.05) is 25.3 Å². The number of methoxy groups -OCH3 is 1. The van der Waals surface area contributed by atoms with Crippen LogP contribution in [0.15, 0.2) is 47.5 Å². The van der Waals surface area contributed by atoms with E-state index < -0.39 is 11.6 Å². The molecule has 2 aromatic rings. The summed E-state index contributed by atoms with van der Waals surface area (Å²) in [6, 6.07) is 8.73. The van der Waals surface area contributed by atoms with Gasteiger partial charge in [0.2, 0.25) is 0 Å². The van der Waals surface area contributed by atoms with Gasteiger partial charge in [-0.1, -0.05) is 26.0 Å². The maximum absolute atomic E-state index is 12.8. The van der Waals surface area contributed by atoms with Gasteiger partial charge in [-0.25, -0.2) is 0 Å². The number of allylic oxidation sites excluding steroid dienone is 2. The number of nitrogens with one attached hydrogen (secondary N) is 2. The molecular weight excluding hydrogens is 588 g/mol. The van der Waals surface area contributed by atoms with Crippen LogP contribution in [0.25, 0.3) is 0 Å². The average molecular weight is 639 g/mol. The predicted octanol–water partition coefficient (Wildman–Crippen LogP) is 5.04. The molecule has 0 amide bonds. The lowest BCUT2D eigenvalue weighted by Gasteiger charge is -2.32. The third-order valence-electron chi connectivity index (χ3n) is 8.66. The molecule has 1 fully saturated rings. The Morgan fingerprint density at radius 1 is 1.15 bits per heavy atom. The molecule has 0 saturated heterocycles. The van der Waals surface area contributed by atoms with Crippen LogP contribution >= 0.6 is 0 Å². The summed E-state index contributed by atoms with van der Waals surface area (Å²) < 4.78 is 11.8. The zero-order valence-electron chi connectivity index (χ0n) is 27.6. The van der Waals surface area contributed by atoms with Crippen LogP contribution in [0.5, 0.6) is 23.0 Å². The van der Waals surface area contributed by atoms with E-state index in [4.69, 9.17) is 15.2 Å². The Balaban J connectivity index is 1.82. The molecule has 0 spiro atoms. The van der Waals surface area contributed by atoms with Crippen molar-refractivity contribution in [1.29, 1.82) is 0 Å². The third-order valence-corrected chi connectivity index (χ3v) is 8.66. The highest BCUT2D eigenvalue weighted by Crippen LogP contribution is 2.44. The van der Waals surface area contributed by atoms with E-state index in [-0.39, 0.29) is 47.4 Å². The van der Waals surface area contributed by atoms with Crippen molar-refractivity contribution in [2.75, 3.05) is 33.1 Å². The number of carbonyl (C=O) groups excluding carboxylic acids is 1. The molecule has 0 aromatic heterocycles. The fourth-order valence-electron chi connectivity index (χ4n) is 6.02. The zero-order chi connectivity index (χ0) is 33.9. The number of nitrogens with zero attached hydrogens (tertiary/aromatic N) is 1. The first-order valence-electron chi connectivity index (χ1n) is 15.9. The first-order valence-corrected chi connectivity index (χ1v) is 15.9. The number of benzene rings is 2. The van der Waals surface area contributed by atoms with Gasteiger partial charge >= 0.3 is 5.97 Å². The second-order valence-corrected chi connectivity index (χ2v) is 12.5. The van der Waals surface area contributed by atoms with Crippen LogP contribution in [0.3, 0.4) is 0 Å². The molecule has 0 bridgehead atoms. The van der Waals surface area contributed by atoms with Crippen LogP contribution in [-0.4, -0.2) is 66.4 Å². The van der Waals surface area contributed by atoms with Crippen LogP contribution in [0.4, 0.5) is 5.69 Å². The van der Waals surface area contributed by atoms with Crippen molar-refractivity contribution >= 4 is 23.4 Å². The van der Waals surface area contributed by atoms with Crippen molar-refractivity contribution in [3.05, 3.63) is 53.6 Å². The molecule has 3 unspecified atom stereocenters. The van der Waals surface area contributed by atoms with Crippen LogP contribution < -0.4 is 25.8 Å². The highest BCUT2D eigenvalue weighted by molar-refractivity contribution is 5.94. The lowest BCUT2D eigenvalue weighted by molar-refractivity contribution is -0.137. The van der Waals surface area contributed by atoms with E-state index in [2.05, 4.69) is 29.5 Å². The fourth-order valence-corrected chi connectivity index (χ4v) is 6.02. The summed E-state index contributed by atoms with van der Waals surface area (Å²) in [5.74, 6) is 0.411. The van der Waals surface area contributed by atoms with Gasteiger partial charge in [0.25, 0.3) is 0 Å². The predicted molar refractivity (Wildman–Crippen MR) is 180 cm³/mol. The molecule has 1 saturated carbocycles. The standard InChI is InChI=1S/C35H50N4O7/c1-22(2)26(9-11-27(40)10-6-23-7-12-29(41)30(18-23)45-5)16-25-17-28(39-34(36)38-4)33(44)31(19-25)46-35(21-37-3)15-14-24(20-35)8-13-32(42)43/h7,9,11-12,17-19,22,24,26,37,41,44H,6,8,10,13-16,20-21H2,1-5H3,(H,42,43)(H3,36,38,39). The van der Waals surface area contributed by atoms with Gasteiger partial charge in [-0.3, -0.25) is 14.6 Å². The summed E-state index contributed by atoms with van der Waals surface area (Å²) in [6.45, 7) is 4.73. The maximum atomic E-state index is 12.8. The summed E-state index contributed by atoms with van der Waals surface area (Å²) in [5, 5.41) is 36.5. The minimum Gasteiger partial charge on any atom is -0.504 e. The largest absolute Gasteiger partial charge is 0.504 e. The molecule has 11 nitrogen and oxygen atoms in total. The Hall–Kier alpha value is -4.25. The molecule has 3 atom stereocenters. The smallest absolute Gasteiger partial charge is 0.303 e. The first kappa shape index (κ1) is 36.2. The number of rotatable bonds is 17. The van der Waals surface area contributed by atoms with Crippen molar-refractivity contribution in [2.45, 2.75) is 70.8 Å². The number of nitrogens with two attached hydrogens (primary N) is 1. The van der Waals surface area contributed by atoms with Crippen LogP contribution in [0, 0.1) is 17.8 Å². The van der Waals surface area contributed by atoms with Crippen molar-refractivity contribution in [3.8, 4) is 23.0 Å². The molecule has 11 heteroatoms. The molecule has 1 aliphatic rings. The number of carboxylic acid groups (broad SMARTS) is 1. The number of aliphatic imine (C=N–C) groups is 1. The number of hydrogen-bond acceptors (Lipinski definition) is 8. The van der Waals surface area contributed by atoms with Crippen molar-refractivity contribution in [2.24, 2.45) is 28.5 Å². The van der Waals surface area contributed by atoms with E-state index in [1.165, 1.54) is 7.11 Å². The van der Waals surface area contributed by atoms with E-state index in [0.29, 0.717) is 55.8 Å². The SMILES string of the molecule is CN=C(N)Nc1cc(CC(C=CC(=O)CCc2ccc(O)c(OC)c2)C(C)C)cc(OC2(CNC)CCC(CCC(=O)O)C2)c1O. The van der Waals surface area contributed by atoms with Crippen molar-refractivity contribution < 1.29 is 34.4 Å². The number of phenols is 2. The fraction of sp³-hybridized carbons (Fsp3) is 0.514. The van der Waals surface area contributed by atoms with Crippen LogP contribution in [-0.2, 0) is 22.4 Å². The number of aliphatic carboxylic acids is 1. The molecule has 1 aliphatic carbocycles. The Morgan fingerprint density at radius 2 is 1.89 bits per heavy atom. The van der Waals surface area contributed by atoms with Gasteiger partial charge < -0.3 is 41.2 Å². The monoisotopic (exact) mass is 638 g/mol. The molecule has 2 aromatic carbocycles. The van der Waals surface area contributed by atoms with Gasteiger partial charge in [-0.15, -0.1) is 0 Å². The van der Waals surface area contributed by atoms with Crippen molar-refractivity contribution in [1.82, 2.24) is 5.32 Å². The summed E-state index contributed by atoms with van der Waals surface area (Å²) >= 11 is 0. The van der Waals surface area contributed by atoms with Gasteiger partial charge in [-0.2, -0.15) is 0 Å². The summed E-state index contributed by atoms with van der Waals surface area (Å²) in [6.07, 6.45) is 7.92. The highest BCUT2D eigenvalue weighted by Gasteiger charge is 2.41. The number of aromatic hydroxyl groups is 2. The second kappa shape index (κ2) is 16.9. The maximum Gasteiger partial charge on any atom is 0.303 e. The number of ether oxygens (including phenoxy) is 2. The number of anilines is 1. The first-order chi connectivity index (χ1) is 21.9. The highest BCUT2D eigenvalue weighted by atomic mass is 16.5. The van der Waals surface area contributed by atoms with E-state index in [1.54, 1.807) is 31.3 Å². The van der Waals surface area contributed by atoms with Crippen molar-refractivity contribution in [3.63, 3.8) is 0 Å². The van der Waals surface area contributed by atoms with E-state index >= 15 is 0 Å². The topological polar surface area (TPSA) is 176 Å². The number of hydrogen-bond donors (Lipinski definition) is 6. The normalized spacial score (nSPS) is 19.0. The number of ketones is 1. The Labute approximate surface area is 271 Å². The molecule has 7 N–H and O–H groups in total. The van der Waals surface area contributed by atoms with Gasteiger partial charge in [0.1, 0.15) is 5.60 Å². The molecule has 252 valence electrons. The lowest BCUT2D eigenvalue weighted by Crippen LogP contribution is -2.42. The lowest BCUT2D eigenvalue weighted by atomic mass is 9.88. The van der Waals surface area contributed by atoms with Gasteiger partial charge in [0.15, 0.2) is 34.7 Å². The number of likely N-dealkylation sites (N-methyl/N-ethyl adjacent to an activating group) is 1. The number of carboxylic acids is 1. The number of phenolic OH excluding ortho intramolecular Hbond substituents is 2. The molecular formula is C35H50N4O7. The minimum absolute atomic E-state index is 0.00519. The van der Waals surface area contributed by atoms with Crippen LogP contribution in [0.1, 0.15) is 63.5 Å². The van der Waals surface area contributed by atoms with Gasteiger partial charge in [-0.05, 0) is 105 Å². The molecule has 0 radical (unpaired) electrons. The quantitative estimate of drug-likeness (QED) is 0.0596. The van der Waals surface area contributed by atoms with Crippen LogP contribution in [0.2, 0.25) is 0 Å². The molecule has 0 heterocycles. The van der Waals surface area contributed by atoms with Gasteiger partial charge in [0.05, 0.1) is 12.8 Å². The molecule has 3 rings (SSSR count). The Kier molecular flexibility index (Phi) is 13.3. The Bertz CT molecular complexity index is 1410. The third kappa shape index (κ3) is 10.4. The minimum atomic E-state index is -0.809.